The topological polar surface area (TPSA) is 121 Å². The van der Waals surface area contributed by atoms with E-state index >= 15 is 0 Å². The summed E-state index contributed by atoms with van der Waals surface area (Å²) in [5, 5.41) is 31.5. The van der Waals surface area contributed by atoms with Crippen molar-refractivity contribution in [1.82, 2.24) is 4.98 Å². The fourth-order valence-corrected chi connectivity index (χ4v) is 1.25. The number of hydrogen-bond acceptors (Lipinski definition) is 7. The molecule has 0 saturated carbocycles. The molecule has 0 aliphatic carbocycles. The first-order valence-electron chi connectivity index (χ1n) is 5.05. The smallest absolute Gasteiger partial charge is 0.305 e. The number of rotatable bonds is 6. The van der Waals surface area contributed by atoms with Gasteiger partial charge in [-0.3, -0.25) is 10.1 Å². The molecule has 18 heavy (non-hydrogen) atoms. The van der Waals surface area contributed by atoms with E-state index in [1.54, 1.807) is 6.07 Å². The number of aliphatic hydroxyl groups excluding tert-OH is 1. The van der Waals surface area contributed by atoms with Gasteiger partial charge in [-0.05, 0) is 6.07 Å². The van der Waals surface area contributed by atoms with Crippen molar-refractivity contribution in [3.63, 3.8) is 0 Å². The van der Waals surface area contributed by atoms with Gasteiger partial charge in [-0.15, -0.1) is 0 Å². The quantitative estimate of drug-likeness (QED) is 0.550. The van der Waals surface area contributed by atoms with Crippen molar-refractivity contribution in [2.75, 3.05) is 25.6 Å². The van der Waals surface area contributed by atoms with Crippen LogP contribution >= 0.6 is 0 Å². The summed E-state index contributed by atoms with van der Waals surface area (Å²) < 4.78 is 4.74. The van der Waals surface area contributed by atoms with E-state index in [4.69, 9.17) is 10.00 Å². The standard InChI is InChI=1S/C10H12N4O4/c1-18-6-7(15)5-12-10-3-2-9(14(16)17)8(4-11)13-10/h2-3,7,15H,5-6H2,1H3,(H,12,13). The number of nitro groups is 1. The van der Waals surface area contributed by atoms with Crippen molar-refractivity contribution in [3.8, 4) is 6.07 Å². The van der Waals surface area contributed by atoms with Crippen molar-refractivity contribution in [2.45, 2.75) is 6.10 Å². The maximum atomic E-state index is 10.6. The number of pyridine rings is 1. The molecule has 0 radical (unpaired) electrons. The molecule has 8 nitrogen and oxygen atoms in total. The Labute approximate surface area is 103 Å². The van der Waals surface area contributed by atoms with Crippen molar-refractivity contribution in [2.24, 2.45) is 0 Å². The summed E-state index contributed by atoms with van der Waals surface area (Å²) in [7, 11) is 1.46. The monoisotopic (exact) mass is 252 g/mol. The van der Waals surface area contributed by atoms with E-state index in [1.807, 2.05) is 0 Å². The summed E-state index contributed by atoms with van der Waals surface area (Å²) in [6, 6.07) is 4.21. The van der Waals surface area contributed by atoms with Crippen LogP contribution in [0.25, 0.3) is 0 Å². The first-order valence-corrected chi connectivity index (χ1v) is 5.05. The number of aromatic nitrogens is 1. The van der Waals surface area contributed by atoms with Crippen LogP contribution in [-0.2, 0) is 4.74 Å². The molecular weight excluding hydrogens is 240 g/mol. The number of nitrogens with one attached hydrogen (secondary N) is 1. The van der Waals surface area contributed by atoms with Crippen LogP contribution in [0.15, 0.2) is 12.1 Å². The van der Waals surface area contributed by atoms with Gasteiger partial charge in [-0.2, -0.15) is 5.26 Å². The normalized spacial score (nSPS) is 11.6. The van der Waals surface area contributed by atoms with Gasteiger partial charge in [0.25, 0.3) is 0 Å². The highest BCUT2D eigenvalue weighted by molar-refractivity contribution is 5.50. The minimum absolute atomic E-state index is 0.158. The zero-order valence-corrected chi connectivity index (χ0v) is 9.66. The molecule has 1 aromatic rings. The lowest BCUT2D eigenvalue weighted by Crippen LogP contribution is -2.24. The lowest BCUT2D eigenvalue weighted by Gasteiger charge is -2.11. The molecule has 0 aliphatic heterocycles. The number of nitriles is 1. The van der Waals surface area contributed by atoms with Gasteiger partial charge in [0.1, 0.15) is 11.9 Å². The largest absolute Gasteiger partial charge is 0.389 e. The minimum atomic E-state index is -0.725. The number of nitrogens with zero attached hydrogens (tertiary/aromatic N) is 3. The number of methoxy groups -OCH3 is 1. The Balaban J connectivity index is 2.75. The van der Waals surface area contributed by atoms with Crippen molar-refractivity contribution >= 4 is 11.5 Å². The van der Waals surface area contributed by atoms with Crippen LogP contribution < -0.4 is 5.32 Å². The highest BCUT2D eigenvalue weighted by Gasteiger charge is 2.15. The van der Waals surface area contributed by atoms with Crippen LogP contribution in [0.5, 0.6) is 0 Å². The second-order valence-electron chi connectivity index (χ2n) is 3.42. The predicted octanol–water partition coefficient (Wildman–Crippen LogP) is 0.281. The van der Waals surface area contributed by atoms with E-state index in [1.165, 1.54) is 19.2 Å². The first-order chi connectivity index (χ1) is 8.58. The van der Waals surface area contributed by atoms with Crippen LogP contribution in [0, 0.1) is 21.4 Å². The molecular formula is C10H12N4O4. The van der Waals surface area contributed by atoms with E-state index < -0.39 is 11.0 Å². The van der Waals surface area contributed by atoms with E-state index in [2.05, 4.69) is 10.3 Å². The maximum Gasteiger partial charge on any atom is 0.305 e. The number of aliphatic hydroxyl groups is 1. The SMILES string of the molecule is COCC(O)CNc1ccc([N+](=O)[O-])c(C#N)n1. The second kappa shape index (κ2) is 6.48. The van der Waals surface area contributed by atoms with E-state index in [0.29, 0.717) is 0 Å². The summed E-state index contributed by atoms with van der Waals surface area (Å²) >= 11 is 0. The van der Waals surface area contributed by atoms with Crippen molar-refractivity contribution in [1.29, 1.82) is 5.26 Å². The zero-order chi connectivity index (χ0) is 13.5. The summed E-state index contributed by atoms with van der Waals surface area (Å²) in [4.78, 5) is 13.7. The highest BCUT2D eigenvalue weighted by atomic mass is 16.6. The predicted molar refractivity (Wildman–Crippen MR) is 62.0 cm³/mol. The third-order valence-corrected chi connectivity index (χ3v) is 2.05. The van der Waals surface area contributed by atoms with Crippen molar-refractivity contribution < 1.29 is 14.8 Å². The fraction of sp³-hybridized carbons (Fsp3) is 0.400. The molecule has 0 fully saturated rings. The molecule has 1 heterocycles. The Bertz CT molecular complexity index is 471. The Morgan fingerprint density at radius 1 is 1.72 bits per heavy atom. The van der Waals surface area contributed by atoms with Crippen LogP contribution in [0.1, 0.15) is 5.69 Å². The lowest BCUT2D eigenvalue weighted by molar-refractivity contribution is -0.385. The molecule has 1 aromatic heterocycles. The summed E-state index contributed by atoms with van der Waals surface area (Å²) in [6.45, 7) is 0.328. The molecule has 1 rings (SSSR count). The highest BCUT2D eigenvalue weighted by Crippen LogP contribution is 2.17. The average Bonchev–Trinajstić information content (AvgIpc) is 2.36. The zero-order valence-electron chi connectivity index (χ0n) is 9.66. The summed E-state index contributed by atoms with van der Waals surface area (Å²) in [5.74, 6) is 0.285. The molecule has 0 amide bonds. The number of hydrogen-bond donors (Lipinski definition) is 2. The van der Waals surface area contributed by atoms with Crippen LogP contribution in [0.4, 0.5) is 11.5 Å². The molecule has 0 aromatic carbocycles. The van der Waals surface area contributed by atoms with Crippen LogP contribution in [0.3, 0.4) is 0 Å². The van der Waals surface area contributed by atoms with Gasteiger partial charge in [0.05, 0.1) is 17.6 Å². The Hall–Kier alpha value is -2.24. The average molecular weight is 252 g/mol. The van der Waals surface area contributed by atoms with E-state index in [-0.39, 0.29) is 30.4 Å². The number of anilines is 1. The van der Waals surface area contributed by atoms with Gasteiger partial charge in [-0.25, -0.2) is 4.98 Å². The molecule has 1 atom stereocenters. The summed E-state index contributed by atoms with van der Waals surface area (Å²) in [5.41, 5.74) is -0.619. The maximum absolute atomic E-state index is 10.6. The molecule has 1 unspecified atom stereocenters. The van der Waals surface area contributed by atoms with Crippen LogP contribution in [-0.4, -0.2) is 41.4 Å². The minimum Gasteiger partial charge on any atom is -0.389 e. The van der Waals surface area contributed by atoms with Crippen LogP contribution in [0.2, 0.25) is 0 Å². The first kappa shape index (κ1) is 13.8. The number of ether oxygens (including phenoxy) is 1. The van der Waals surface area contributed by atoms with Crippen molar-refractivity contribution in [3.05, 3.63) is 27.9 Å². The molecule has 2 N–H and O–H groups in total. The third kappa shape index (κ3) is 3.65. The molecule has 8 heteroatoms. The van der Waals surface area contributed by atoms with Gasteiger partial charge < -0.3 is 15.2 Å². The van der Waals surface area contributed by atoms with Gasteiger partial charge in [0, 0.05) is 19.7 Å². The lowest BCUT2D eigenvalue weighted by atomic mass is 10.3. The second-order valence-corrected chi connectivity index (χ2v) is 3.42. The van der Waals surface area contributed by atoms with E-state index in [0.717, 1.165) is 0 Å². The Morgan fingerprint density at radius 2 is 2.44 bits per heavy atom. The Morgan fingerprint density at radius 3 is 3.00 bits per heavy atom. The molecule has 0 aliphatic rings. The van der Waals surface area contributed by atoms with Gasteiger partial charge in [0.2, 0.25) is 5.69 Å². The molecule has 0 saturated heterocycles. The van der Waals surface area contributed by atoms with Gasteiger partial charge in [-0.1, -0.05) is 0 Å². The Kier molecular flexibility index (Phi) is 4.98. The van der Waals surface area contributed by atoms with Gasteiger partial charge in [0.15, 0.2) is 0 Å². The fourth-order valence-electron chi connectivity index (χ4n) is 1.25. The molecule has 96 valence electrons. The summed E-state index contributed by atoms with van der Waals surface area (Å²) in [6.07, 6.45) is -0.725. The molecule has 0 spiro atoms. The van der Waals surface area contributed by atoms with E-state index in [9.17, 15) is 15.2 Å². The van der Waals surface area contributed by atoms with Gasteiger partial charge >= 0.3 is 5.69 Å². The molecule has 0 bridgehead atoms. The third-order valence-electron chi connectivity index (χ3n) is 2.05.